The number of Topliss-reactive ketones (excluding diaryl/α,β-unsaturated/α-hetero) is 1. The van der Waals surface area contributed by atoms with E-state index in [1.54, 1.807) is 12.1 Å². The Kier molecular flexibility index (Phi) is 10.6. The molecule has 0 spiro atoms. The van der Waals surface area contributed by atoms with Gasteiger partial charge in [-0.1, -0.05) is 62.8 Å². The Labute approximate surface area is 220 Å². The number of nitrogens with zero attached hydrogens (tertiary/aromatic N) is 1. The number of carbonyl (C=O) groups excluding carboxylic acids is 2. The molecule has 1 N–H and O–H groups in total. The molecule has 1 aliphatic rings. The molecule has 7 heteroatoms. The van der Waals surface area contributed by atoms with E-state index >= 15 is 0 Å². The Morgan fingerprint density at radius 2 is 1.70 bits per heavy atom. The molecule has 2 aromatic rings. The average Bonchev–Trinajstić information content (AvgIpc) is 2.91. The number of rotatable bonds is 12. The summed E-state index contributed by atoms with van der Waals surface area (Å²) < 4.78 is 16.2. The molecule has 2 atom stereocenters. The number of benzene rings is 2. The van der Waals surface area contributed by atoms with Gasteiger partial charge in [0.05, 0.1) is 33.9 Å². The molecule has 1 amide bonds. The van der Waals surface area contributed by atoms with E-state index in [2.05, 4.69) is 31.3 Å². The van der Waals surface area contributed by atoms with Crippen LogP contribution >= 0.6 is 0 Å². The molecule has 37 heavy (non-hydrogen) atoms. The van der Waals surface area contributed by atoms with Crippen molar-refractivity contribution in [2.75, 3.05) is 34.4 Å². The van der Waals surface area contributed by atoms with Crippen molar-refractivity contribution in [3.63, 3.8) is 0 Å². The van der Waals surface area contributed by atoms with Crippen LogP contribution in [0, 0.1) is 5.92 Å². The molecule has 0 aliphatic carbocycles. The van der Waals surface area contributed by atoms with Crippen LogP contribution in [-0.2, 0) is 4.79 Å². The van der Waals surface area contributed by atoms with E-state index in [-0.39, 0.29) is 30.3 Å². The van der Waals surface area contributed by atoms with Crippen molar-refractivity contribution in [3.8, 4) is 17.2 Å². The molecule has 1 fully saturated rings. The molecule has 3 rings (SSSR count). The predicted octanol–water partition coefficient (Wildman–Crippen LogP) is 4.99. The predicted molar refractivity (Wildman–Crippen MR) is 147 cm³/mol. The van der Waals surface area contributed by atoms with Crippen LogP contribution in [0.3, 0.4) is 0 Å². The fourth-order valence-corrected chi connectivity index (χ4v) is 4.76. The van der Waals surface area contributed by atoms with Crippen LogP contribution in [0.2, 0.25) is 0 Å². The summed E-state index contributed by atoms with van der Waals surface area (Å²) in [4.78, 5) is 28.8. The van der Waals surface area contributed by atoms with E-state index in [0.29, 0.717) is 35.3 Å². The molecule has 200 valence electrons. The summed E-state index contributed by atoms with van der Waals surface area (Å²) in [7, 11) is 4.58. The topological polar surface area (TPSA) is 77.1 Å². The number of carbonyl (C=O) groups is 2. The van der Waals surface area contributed by atoms with E-state index in [9.17, 15) is 9.59 Å². The van der Waals surface area contributed by atoms with Crippen LogP contribution in [0.15, 0.2) is 48.5 Å². The molecule has 1 saturated heterocycles. The molecule has 0 saturated carbocycles. The van der Waals surface area contributed by atoms with Crippen molar-refractivity contribution in [2.45, 2.75) is 51.6 Å². The lowest BCUT2D eigenvalue weighted by molar-refractivity contribution is -0.127. The van der Waals surface area contributed by atoms with Crippen molar-refractivity contribution < 1.29 is 23.8 Å². The van der Waals surface area contributed by atoms with E-state index < -0.39 is 0 Å². The molecule has 2 aromatic carbocycles. The summed E-state index contributed by atoms with van der Waals surface area (Å²) in [6.07, 6.45) is 7.61. The van der Waals surface area contributed by atoms with E-state index in [4.69, 9.17) is 14.2 Å². The van der Waals surface area contributed by atoms with Gasteiger partial charge in [-0.05, 0) is 49.4 Å². The zero-order valence-electron chi connectivity index (χ0n) is 22.7. The van der Waals surface area contributed by atoms with Crippen LogP contribution in [0.4, 0.5) is 0 Å². The molecule has 0 unspecified atom stereocenters. The first-order valence-electron chi connectivity index (χ1n) is 13.0. The van der Waals surface area contributed by atoms with Gasteiger partial charge in [0, 0.05) is 11.6 Å². The van der Waals surface area contributed by atoms with Crippen molar-refractivity contribution >= 4 is 17.8 Å². The average molecular weight is 509 g/mol. The summed E-state index contributed by atoms with van der Waals surface area (Å²) in [5.41, 5.74) is 1.56. The molecule has 7 nitrogen and oxygen atoms in total. The van der Waals surface area contributed by atoms with Gasteiger partial charge in [0.15, 0.2) is 17.3 Å². The zero-order chi connectivity index (χ0) is 26.8. The van der Waals surface area contributed by atoms with Crippen LogP contribution < -0.4 is 19.5 Å². The third kappa shape index (κ3) is 7.83. The Morgan fingerprint density at radius 1 is 1.03 bits per heavy atom. The summed E-state index contributed by atoms with van der Waals surface area (Å²) in [6.45, 7) is 5.14. The number of hydrogen-bond acceptors (Lipinski definition) is 6. The van der Waals surface area contributed by atoms with E-state index in [1.165, 1.54) is 21.3 Å². The highest BCUT2D eigenvalue weighted by molar-refractivity contribution is 5.99. The van der Waals surface area contributed by atoms with Crippen LogP contribution in [0.5, 0.6) is 17.2 Å². The number of likely N-dealkylation sites (tertiary alicyclic amines) is 1. The quantitative estimate of drug-likeness (QED) is 0.407. The van der Waals surface area contributed by atoms with Gasteiger partial charge in [-0.15, -0.1) is 0 Å². The highest BCUT2D eigenvalue weighted by Gasteiger charge is 2.31. The standard InChI is InChI=1S/C30H40N2O5/c1-21(2)17-24(15-14-22-11-7-6-8-12-22)31-30(34)25-13-9-10-16-32(25)20-26(33)23-18-27(35-3)29(37-5)28(19-23)36-4/h6-8,11-12,14-15,18-19,21,24-25H,9-10,13,16-17,20H2,1-5H3,(H,31,34)/b15-14+/t24-,25+/m1/s1. The number of nitrogens with one attached hydrogen (secondary N) is 1. The number of methoxy groups -OCH3 is 3. The van der Waals surface area contributed by atoms with Crippen LogP contribution in [0.1, 0.15) is 55.5 Å². The smallest absolute Gasteiger partial charge is 0.237 e. The molecule has 1 aliphatic heterocycles. The van der Waals surface area contributed by atoms with Gasteiger partial charge in [0.2, 0.25) is 11.7 Å². The minimum atomic E-state index is -0.348. The summed E-state index contributed by atoms with van der Waals surface area (Å²) in [5.74, 6) is 1.61. The maximum atomic E-state index is 13.5. The third-order valence-electron chi connectivity index (χ3n) is 6.62. The van der Waals surface area contributed by atoms with Gasteiger partial charge in [-0.3, -0.25) is 14.5 Å². The van der Waals surface area contributed by atoms with E-state index in [0.717, 1.165) is 31.2 Å². The fraction of sp³-hybridized carbons (Fsp3) is 0.467. The second-order valence-electron chi connectivity index (χ2n) is 9.83. The first kappa shape index (κ1) is 28.3. The summed E-state index contributed by atoms with van der Waals surface area (Å²) in [6, 6.07) is 13.0. The van der Waals surface area contributed by atoms with Crippen LogP contribution in [-0.4, -0.2) is 63.1 Å². The fourth-order valence-electron chi connectivity index (χ4n) is 4.76. The van der Waals surface area contributed by atoms with Gasteiger partial charge in [-0.2, -0.15) is 0 Å². The number of piperidine rings is 1. The maximum absolute atomic E-state index is 13.5. The lowest BCUT2D eigenvalue weighted by atomic mass is 9.98. The SMILES string of the molecule is COc1cc(C(=O)CN2CCCC[C@H]2C(=O)N[C@H](/C=C/c2ccccc2)CC(C)C)cc(OC)c1OC. The molecule has 0 bridgehead atoms. The second-order valence-corrected chi connectivity index (χ2v) is 9.83. The van der Waals surface area contributed by atoms with Crippen molar-refractivity contribution in [1.29, 1.82) is 0 Å². The largest absolute Gasteiger partial charge is 0.493 e. The molecular weight excluding hydrogens is 468 g/mol. The van der Waals surface area contributed by atoms with Crippen molar-refractivity contribution in [2.24, 2.45) is 5.92 Å². The van der Waals surface area contributed by atoms with Gasteiger partial charge in [-0.25, -0.2) is 0 Å². The van der Waals surface area contributed by atoms with Crippen LogP contribution in [0.25, 0.3) is 6.08 Å². The molecule has 1 heterocycles. The molecule has 0 aromatic heterocycles. The van der Waals surface area contributed by atoms with Crippen molar-refractivity contribution in [3.05, 3.63) is 59.7 Å². The Hall–Kier alpha value is -3.32. The first-order chi connectivity index (χ1) is 17.9. The lowest BCUT2D eigenvalue weighted by Crippen LogP contribution is -2.52. The molecule has 0 radical (unpaired) electrons. The van der Waals surface area contributed by atoms with Crippen molar-refractivity contribution in [1.82, 2.24) is 10.2 Å². The molecular formula is C30H40N2O5. The number of ketones is 1. The Morgan fingerprint density at radius 3 is 2.30 bits per heavy atom. The Balaban J connectivity index is 1.74. The highest BCUT2D eigenvalue weighted by atomic mass is 16.5. The summed E-state index contributed by atoms with van der Waals surface area (Å²) >= 11 is 0. The summed E-state index contributed by atoms with van der Waals surface area (Å²) in [5, 5.41) is 3.25. The Bertz CT molecular complexity index is 1040. The maximum Gasteiger partial charge on any atom is 0.237 e. The third-order valence-corrected chi connectivity index (χ3v) is 6.62. The van der Waals surface area contributed by atoms with Gasteiger partial charge in [0.1, 0.15) is 0 Å². The first-order valence-corrected chi connectivity index (χ1v) is 13.0. The minimum Gasteiger partial charge on any atom is -0.493 e. The zero-order valence-corrected chi connectivity index (χ0v) is 22.7. The minimum absolute atomic E-state index is 0.0271. The lowest BCUT2D eigenvalue weighted by Gasteiger charge is -2.35. The van der Waals surface area contributed by atoms with Gasteiger partial charge in [0.25, 0.3) is 0 Å². The van der Waals surface area contributed by atoms with E-state index in [1.807, 2.05) is 35.2 Å². The van der Waals surface area contributed by atoms with Gasteiger partial charge >= 0.3 is 0 Å². The number of hydrogen-bond donors (Lipinski definition) is 1. The highest BCUT2D eigenvalue weighted by Crippen LogP contribution is 2.38. The number of amides is 1. The normalized spacial score (nSPS) is 17.0. The number of ether oxygens (including phenoxy) is 3. The van der Waals surface area contributed by atoms with Gasteiger partial charge < -0.3 is 19.5 Å². The monoisotopic (exact) mass is 508 g/mol. The second kappa shape index (κ2) is 13.8.